The summed E-state index contributed by atoms with van der Waals surface area (Å²) < 4.78 is 29.7. The first-order valence-electron chi connectivity index (χ1n) is 5.38. The molecule has 0 heterocycles. The van der Waals surface area contributed by atoms with Gasteiger partial charge in [0.05, 0.1) is 7.11 Å². The molecule has 92 valence electrons. The van der Waals surface area contributed by atoms with Gasteiger partial charge >= 0.3 is 5.97 Å². The molecular formula is C11H16F2O3. The van der Waals surface area contributed by atoms with Crippen molar-refractivity contribution < 1.29 is 23.1 Å². The second kappa shape index (κ2) is 4.89. The second-order valence-corrected chi connectivity index (χ2v) is 4.26. The van der Waals surface area contributed by atoms with Gasteiger partial charge in [-0.15, -0.1) is 0 Å². The van der Waals surface area contributed by atoms with Gasteiger partial charge < -0.3 is 4.74 Å². The number of esters is 1. The van der Waals surface area contributed by atoms with E-state index in [4.69, 9.17) is 0 Å². The highest BCUT2D eigenvalue weighted by molar-refractivity contribution is 5.98. The van der Waals surface area contributed by atoms with Crippen LogP contribution in [0.5, 0.6) is 0 Å². The molecule has 1 aliphatic carbocycles. The van der Waals surface area contributed by atoms with Crippen LogP contribution in [0.2, 0.25) is 0 Å². The zero-order valence-electron chi connectivity index (χ0n) is 9.46. The predicted octanol–water partition coefficient (Wildman–Crippen LogP) is 2.19. The van der Waals surface area contributed by atoms with E-state index in [1.54, 1.807) is 6.92 Å². The van der Waals surface area contributed by atoms with Gasteiger partial charge in [-0.1, -0.05) is 6.92 Å². The highest BCUT2D eigenvalue weighted by Crippen LogP contribution is 2.45. The van der Waals surface area contributed by atoms with Crippen molar-refractivity contribution in [2.24, 2.45) is 11.8 Å². The van der Waals surface area contributed by atoms with Crippen molar-refractivity contribution in [3.05, 3.63) is 0 Å². The lowest BCUT2D eigenvalue weighted by molar-refractivity contribution is -0.154. The Hall–Kier alpha value is -1.00. The van der Waals surface area contributed by atoms with Crippen molar-refractivity contribution in [2.75, 3.05) is 7.11 Å². The monoisotopic (exact) mass is 234 g/mol. The molecule has 1 aliphatic rings. The molecule has 0 bridgehead atoms. The van der Waals surface area contributed by atoms with Gasteiger partial charge in [0.1, 0.15) is 11.7 Å². The van der Waals surface area contributed by atoms with Crippen molar-refractivity contribution in [2.45, 2.75) is 38.5 Å². The minimum absolute atomic E-state index is 0.189. The summed E-state index contributed by atoms with van der Waals surface area (Å²) in [7, 11) is 1.20. The number of carbonyl (C=O) groups excluding carboxylic acids is 2. The van der Waals surface area contributed by atoms with Crippen LogP contribution < -0.4 is 0 Å². The second-order valence-electron chi connectivity index (χ2n) is 4.26. The predicted molar refractivity (Wildman–Crippen MR) is 53.1 cm³/mol. The largest absolute Gasteiger partial charge is 0.468 e. The molecule has 0 aromatic carbocycles. The number of alkyl halides is 2. The first kappa shape index (κ1) is 13.1. The first-order chi connectivity index (χ1) is 7.39. The maximum atomic E-state index is 12.6. The van der Waals surface area contributed by atoms with E-state index in [0.29, 0.717) is 0 Å². The topological polar surface area (TPSA) is 43.4 Å². The van der Waals surface area contributed by atoms with Gasteiger partial charge in [-0.3, -0.25) is 9.59 Å². The fourth-order valence-electron chi connectivity index (χ4n) is 2.03. The summed E-state index contributed by atoms with van der Waals surface area (Å²) in [6.07, 6.45) is -0.0349. The van der Waals surface area contributed by atoms with Gasteiger partial charge in [-0.25, -0.2) is 8.78 Å². The Bertz CT molecular complexity index is 265. The number of ether oxygens (including phenoxy) is 1. The van der Waals surface area contributed by atoms with Crippen LogP contribution in [0.3, 0.4) is 0 Å². The molecule has 0 N–H and O–H groups in total. The Morgan fingerprint density at radius 2 is 2.00 bits per heavy atom. The summed E-state index contributed by atoms with van der Waals surface area (Å²) in [5.41, 5.74) is 0. The molecule has 0 amide bonds. The molecule has 1 fully saturated rings. The number of ketones is 1. The smallest absolute Gasteiger partial charge is 0.316 e. The zero-order valence-corrected chi connectivity index (χ0v) is 9.46. The van der Waals surface area contributed by atoms with Gasteiger partial charge in [-0.2, -0.15) is 0 Å². The third-order valence-electron chi connectivity index (χ3n) is 2.97. The molecule has 0 aliphatic heterocycles. The summed E-state index contributed by atoms with van der Waals surface area (Å²) in [5, 5.41) is 0. The standard InChI is InChI=1S/C11H16F2O3/c1-3-9(14)8(10(15)16-2)4-7-5-11(12,13)6-7/h7-8H,3-6H2,1-2H3. The van der Waals surface area contributed by atoms with Crippen LogP contribution in [-0.2, 0) is 14.3 Å². The number of Topliss-reactive ketones (excluding diaryl/α,β-unsaturated/α-hetero) is 1. The molecular weight excluding hydrogens is 218 g/mol. The molecule has 3 nitrogen and oxygen atoms in total. The molecule has 0 radical (unpaired) electrons. The average molecular weight is 234 g/mol. The molecule has 0 aromatic heterocycles. The molecule has 0 saturated heterocycles. The lowest BCUT2D eigenvalue weighted by Crippen LogP contribution is -2.39. The summed E-state index contributed by atoms with van der Waals surface area (Å²) in [4.78, 5) is 22.8. The van der Waals surface area contributed by atoms with Crippen molar-refractivity contribution in [3.8, 4) is 0 Å². The fourth-order valence-corrected chi connectivity index (χ4v) is 2.03. The molecule has 0 spiro atoms. The molecule has 1 rings (SSSR count). The van der Waals surface area contributed by atoms with Crippen LogP contribution in [0.15, 0.2) is 0 Å². The number of carbonyl (C=O) groups is 2. The van der Waals surface area contributed by atoms with E-state index < -0.39 is 17.8 Å². The Morgan fingerprint density at radius 1 is 1.44 bits per heavy atom. The van der Waals surface area contributed by atoms with Crippen molar-refractivity contribution in [1.82, 2.24) is 0 Å². The normalized spacial score (nSPS) is 21.0. The van der Waals surface area contributed by atoms with Crippen molar-refractivity contribution >= 4 is 11.8 Å². The Morgan fingerprint density at radius 3 is 2.38 bits per heavy atom. The maximum absolute atomic E-state index is 12.6. The van der Waals surface area contributed by atoms with E-state index in [9.17, 15) is 18.4 Å². The summed E-state index contributed by atoms with van der Waals surface area (Å²) >= 11 is 0. The van der Waals surface area contributed by atoms with E-state index in [0.717, 1.165) is 0 Å². The van der Waals surface area contributed by atoms with Crippen LogP contribution in [0.1, 0.15) is 32.6 Å². The molecule has 1 atom stereocenters. The minimum Gasteiger partial charge on any atom is -0.468 e. The Kier molecular flexibility index (Phi) is 3.99. The maximum Gasteiger partial charge on any atom is 0.316 e. The van der Waals surface area contributed by atoms with Crippen molar-refractivity contribution in [1.29, 1.82) is 0 Å². The Balaban J connectivity index is 2.52. The first-order valence-corrected chi connectivity index (χ1v) is 5.38. The highest BCUT2D eigenvalue weighted by atomic mass is 19.3. The van der Waals surface area contributed by atoms with E-state index in [1.807, 2.05) is 0 Å². The number of hydrogen-bond acceptors (Lipinski definition) is 3. The molecule has 5 heteroatoms. The minimum atomic E-state index is -2.61. The lowest BCUT2D eigenvalue weighted by Gasteiger charge is -2.36. The van der Waals surface area contributed by atoms with Gasteiger partial charge in [0, 0.05) is 19.3 Å². The lowest BCUT2D eigenvalue weighted by atomic mass is 9.75. The summed E-state index contributed by atoms with van der Waals surface area (Å²) in [5.74, 6) is -4.56. The number of hydrogen-bond donors (Lipinski definition) is 0. The van der Waals surface area contributed by atoms with Gasteiger partial charge in [0.25, 0.3) is 0 Å². The van der Waals surface area contributed by atoms with Crippen LogP contribution in [-0.4, -0.2) is 24.8 Å². The van der Waals surface area contributed by atoms with E-state index >= 15 is 0 Å². The number of rotatable bonds is 5. The quantitative estimate of drug-likeness (QED) is 0.541. The summed E-state index contributed by atoms with van der Waals surface area (Å²) in [6, 6.07) is 0. The van der Waals surface area contributed by atoms with Crippen molar-refractivity contribution in [3.63, 3.8) is 0 Å². The van der Waals surface area contributed by atoms with E-state index in [2.05, 4.69) is 4.74 Å². The number of halogens is 2. The SMILES string of the molecule is CCC(=O)C(CC1CC(F)(F)C1)C(=O)OC. The van der Waals surface area contributed by atoms with Crippen LogP contribution >= 0.6 is 0 Å². The van der Waals surface area contributed by atoms with E-state index in [1.165, 1.54) is 7.11 Å². The van der Waals surface area contributed by atoms with Gasteiger partial charge in [0.2, 0.25) is 5.92 Å². The van der Waals surface area contributed by atoms with Crippen LogP contribution in [0, 0.1) is 11.8 Å². The number of methoxy groups -OCH3 is 1. The Labute approximate surface area is 93.2 Å². The third kappa shape index (κ3) is 3.00. The molecule has 1 unspecified atom stereocenters. The highest BCUT2D eigenvalue weighted by Gasteiger charge is 2.47. The zero-order chi connectivity index (χ0) is 12.3. The molecule has 16 heavy (non-hydrogen) atoms. The van der Waals surface area contributed by atoms with E-state index in [-0.39, 0.29) is 37.4 Å². The average Bonchev–Trinajstić information content (AvgIpc) is 2.20. The fraction of sp³-hybridized carbons (Fsp3) is 0.818. The molecule has 0 aromatic rings. The van der Waals surface area contributed by atoms with Gasteiger partial charge in [-0.05, 0) is 12.3 Å². The molecule has 1 saturated carbocycles. The van der Waals surface area contributed by atoms with Gasteiger partial charge in [0.15, 0.2) is 0 Å². The summed E-state index contributed by atoms with van der Waals surface area (Å²) in [6.45, 7) is 1.65. The third-order valence-corrected chi connectivity index (χ3v) is 2.97. The van der Waals surface area contributed by atoms with Crippen LogP contribution in [0.25, 0.3) is 0 Å². The van der Waals surface area contributed by atoms with Crippen LogP contribution in [0.4, 0.5) is 8.78 Å².